The molecule has 2 N–H and O–H groups in total. The van der Waals surface area contributed by atoms with Crippen molar-refractivity contribution in [2.45, 2.75) is 103 Å². The molecule has 48 heavy (non-hydrogen) atoms. The molecule has 0 aliphatic carbocycles. The fourth-order valence-electron chi connectivity index (χ4n) is 4.40. The molecule has 1 aliphatic heterocycles. The van der Waals surface area contributed by atoms with Gasteiger partial charge in [-0.3, -0.25) is 14.4 Å². The van der Waals surface area contributed by atoms with E-state index in [1.807, 2.05) is 0 Å². The molecule has 0 bridgehead atoms. The molecule has 1 fully saturated rings. The van der Waals surface area contributed by atoms with Crippen molar-refractivity contribution >= 4 is 36.1 Å². The molecule has 0 radical (unpaired) electrons. The molecule has 2 rings (SSSR count). The summed E-state index contributed by atoms with van der Waals surface area (Å²) >= 11 is 0. The van der Waals surface area contributed by atoms with Crippen LogP contribution >= 0.6 is 0 Å². The number of hydrogen-bond acceptors (Lipinski definition) is 14. The van der Waals surface area contributed by atoms with Crippen molar-refractivity contribution in [2.24, 2.45) is 0 Å². The quantitative estimate of drug-likeness (QED) is 0.165. The van der Waals surface area contributed by atoms with E-state index in [4.69, 9.17) is 37.9 Å². The Morgan fingerprint density at radius 1 is 0.896 bits per heavy atom. The number of carbonyl (C=O) groups excluding carboxylic acids is 6. The van der Waals surface area contributed by atoms with Crippen LogP contribution in [0.15, 0.2) is 43.0 Å². The predicted molar refractivity (Wildman–Crippen MR) is 165 cm³/mol. The highest BCUT2D eigenvalue weighted by Crippen LogP contribution is 2.29. The molecule has 1 aliphatic rings. The molecule has 266 valence electrons. The van der Waals surface area contributed by atoms with Crippen molar-refractivity contribution < 1.29 is 66.7 Å². The zero-order valence-corrected chi connectivity index (χ0v) is 28.0. The molecule has 16 nitrogen and oxygen atoms in total. The van der Waals surface area contributed by atoms with Crippen LogP contribution in [0.2, 0.25) is 0 Å². The van der Waals surface area contributed by atoms with E-state index in [0.717, 1.165) is 20.8 Å². The summed E-state index contributed by atoms with van der Waals surface area (Å²) < 4.78 is 44.0. The molecule has 1 saturated heterocycles. The van der Waals surface area contributed by atoms with Gasteiger partial charge in [-0.25, -0.2) is 14.4 Å². The second-order valence-corrected chi connectivity index (χ2v) is 11.6. The van der Waals surface area contributed by atoms with E-state index < -0.39 is 91.1 Å². The summed E-state index contributed by atoms with van der Waals surface area (Å²) in [6.45, 7) is 12.3. The molecular formula is C32H44N2O14. The van der Waals surface area contributed by atoms with Crippen molar-refractivity contribution in [1.82, 2.24) is 10.6 Å². The number of carbonyl (C=O) groups is 6. The van der Waals surface area contributed by atoms with Crippen molar-refractivity contribution in [2.75, 3.05) is 13.2 Å². The van der Waals surface area contributed by atoms with Crippen LogP contribution in [0.1, 0.15) is 54.0 Å². The first kappa shape index (κ1) is 39.5. The Bertz CT molecular complexity index is 1280. The zero-order valence-electron chi connectivity index (χ0n) is 28.0. The lowest BCUT2D eigenvalue weighted by Gasteiger charge is -2.45. The highest BCUT2D eigenvalue weighted by Gasteiger charge is 2.52. The van der Waals surface area contributed by atoms with E-state index in [1.165, 1.54) is 13.0 Å². The Labute approximate surface area is 278 Å². The molecule has 0 saturated carbocycles. The summed E-state index contributed by atoms with van der Waals surface area (Å²) in [6.07, 6.45) is -7.77. The largest absolute Gasteiger partial charge is 0.463 e. The number of rotatable bonds is 14. The van der Waals surface area contributed by atoms with E-state index >= 15 is 0 Å². The first-order valence-electron chi connectivity index (χ1n) is 15.0. The van der Waals surface area contributed by atoms with Gasteiger partial charge in [0.2, 0.25) is 0 Å². The fourth-order valence-corrected chi connectivity index (χ4v) is 4.40. The number of amides is 2. The van der Waals surface area contributed by atoms with Gasteiger partial charge in [0.15, 0.2) is 24.5 Å². The number of esters is 4. The smallest absolute Gasteiger partial charge is 0.408 e. The summed E-state index contributed by atoms with van der Waals surface area (Å²) in [7, 11) is 0. The van der Waals surface area contributed by atoms with Gasteiger partial charge in [-0.15, -0.1) is 0 Å². The number of nitrogens with one attached hydrogen (secondary N) is 2. The van der Waals surface area contributed by atoms with Crippen molar-refractivity contribution in [3.8, 4) is 0 Å². The van der Waals surface area contributed by atoms with Gasteiger partial charge >= 0.3 is 36.1 Å². The summed E-state index contributed by atoms with van der Waals surface area (Å²) in [6, 6.07) is 5.86. The lowest BCUT2D eigenvalue weighted by molar-refractivity contribution is -0.287. The Morgan fingerprint density at radius 2 is 1.52 bits per heavy atom. The molecule has 1 aromatic rings. The van der Waals surface area contributed by atoms with Gasteiger partial charge in [0, 0.05) is 20.8 Å². The molecular weight excluding hydrogens is 636 g/mol. The summed E-state index contributed by atoms with van der Waals surface area (Å²) in [5, 5.41) is 4.92. The topological polar surface area (TPSA) is 200 Å². The maximum atomic E-state index is 13.4. The highest BCUT2D eigenvalue weighted by atomic mass is 16.7. The van der Waals surface area contributed by atoms with E-state index in [9.17, 15) is 28.8 Å². The first-order valence-corrected chi connectivity index (χ1v) is 15.0. The highest BCUT2D eigenvalue weighted by molar-refractivity contribution is 5.82. The summed E-state index contributed by atoms with van der Waals surface area (Å²) in [4.78, 5) is 75.0. The van der Waals surface area contributed by atoms with Gasteiger partial charge in [0.25, 0.3) is 0 Å². The third-order valence-electron chi connectivity index (χ3n) is 6.28. The Kier molecular flexibility index (Phi) is 15.3. The Morgan fingerprint density at radius 3 is 2.08 bits per heavy atom. The molecule has 2 amide bonds. The van der Waals surface area contributed by atoms with Crippen LogP contribution in [0.5, 0.6) is 0 Å². The van der Waals surface area contributed by atoms with Crippen molar-refractivity contribution in [1.29, 1.82) is 0 Å². The first-order chi connectivity index (χ1) is 22.5. The second-order valence-electron chi connectivity index (χ2n) is 11.6. The average Bonchev–Trinajstić information content (AvgIpc) is 2.98. The normalized spacial score (nSPS) is 21.7. The lowest BCUT2D eigenvalue weighted by Crippen LogP contribution is -2.67. The number of benzene rings is 1. The molecule has 16 heteroatoms. The average molecular weight is 681 g/mol. The molecule has 1 heterocycles. The molecule has 0 aromatic heterocycles. The molecule has 0 spiro atoms. The van der Waals surface area contributed by atoms with Crippen molar-refractivity contribution in [3.05, 3.63) is 48.6 Å². The monoisotopic (exact) mass is 680 g/mol. The van der Waals surface area contributed by atoms with Gasteiger partial charge in [-0.2, -0.15) is 0 Å². The SMILES string of the molecule is C=CCOC(=O)NC1C(OC(C)[C@@H](NC(=O)OCc2ccccc2)C(=O)OC(C)(C)C)OC(COC(C)=O)C(OC(C)=O)C1OC(C)=O. The Balaban J connectivity index is 2.48. The van der Waals surface area contributed by atoms with Gasteiger partial charge in [0.05, 0.1) is 6.10 Å². The van der Waals surface area contributed by atoms with E-state index in [2.05, 4.69) is 17.2 Å². The fraction of sp³-hybridized carbons (Fsp3) is 0.562. The summed E-state index contributed by atoms with van der Waals surface area (Å²) in [5.41, 5.74) is -0.283. The van der Waals surface area contributed by atoms with Gasteiger partial charge in [-0.05, 0) is 33.3 Å². The van der Waals surface area contributed by atoms with Crippen LogP contribution in [-0.4, -0.2) is 97.7 Å². The minimum absolute atomic E-state index is 0.104. The van der Waals surface area contributed by atoms with Crippen molar-refractivity contribution in [3.63, 3.8) is 0 Å². The molecule has 6 unspecified atom stereocenters. The summed E-state index contributed by atoms with van der Waals surface area (Å²) in [5.74, 6) is -3.25. The minimum atomic E-state index is -1.60. The number of alkyl carbamates (subject to hydrolysis) is 2. The Hall–Kier alpha value is -4.70. The third-order valence-corrected chi connectivity index (χ3v) is 6.28. The van der Waals surface area contributed by atoms with Gasteiger partial charge in [0.1, 0.15) is 37.6 Å². The van der Waals surface area contributed by atoms with Crippen LogP contribution in [-0.2, 0) is 63.7 Å². The third kappa shape index (κ3) is 13.6. The zero-order chi connectivity index (χ0) is 36.0. The molecule has 1 aromatic carbocycles. The maximum absolute atomic E-state index is 13.4. The van der Waals surface area contributed by atoms with Crippen LogP contribution in [0.25, 0.3) is 0 Å². The number of ether oxygens (including phenoxy) is 8. The van der Waals surface area contributed by atoms with Gasteiger partial charge < -0.3 is 48.5 Å². The van der Waals surface area contributed by atoms with E-state index in [-0.39, 0.29) is 13.2 Å². The van der Waals surface area contributed by atoms with Gasteiger partial charge in [-0.1, -0.05) is 43.0 Å². The van der Waals surface area contributed by atoms with Crippen LogP contribution in [0, 0.1) is 0 Å². The maximum Gasteiger partial charge on any atom is 0.408 e. The number of hydrogen-bond donors (Lipinski definition) is 2. The standard InChI is InChI=1S/C32H44N2O14/c1-9-15-41-30(39)34-25-27(46-21(5)37)26(45-20(4)36)23(17-42-19(3)35)47-29(25)44-18(2)24(28(38)48-32(6,7)8)33-31(40)43-16-22-13-11-10-12-14-22/h9-14,18,23-27,29H,1,15-17H2,2-8H3,(H,33,40)(H,34,39)/t18?,23?,24-,25?,26?,27?,29?/m1/s1. The van der Waals surface area contributed by atoms with Crippen LogP contribution in [0.3, 0.4) is 0 Å². The van der Waals surface area contributed by atoms with Crippen LogP contribution in [0.4, 0.5) is 9.59 Å². The molecule has 7 atom stereocenters. The van der Waals surface area contributed by atoms with E-state index in [1.54, 1.807) is 51.1 Å². The van der Waals surface area contributed by atoms with E-state index in [0.29, 0.717) is 5.56 Å². The minimum Gasteiger partial charge on any atom is -0.463 e. The predicted octanol–water partition coefficient (Wildman–Crippen LogP) is 2.46. The second kappa shape index (κ2) is 18.6. The van der Waals surface area contributed by atoms with Crippen LogP contribution < -0.4 is 10.6 Å². The lowest BCUT2D eigenvalue weighted by atomic mass is 9.96.